The molecular formula is C21H16F3NO5. The summed E-state index contributed by atoms with van der Waals surface area (Å²) in [6.07, 6.45) is -4.70. The monoisotopic (exact) mass is 419 g/mol. The van der Waals surface area contributed by atoms with Gasteiger partial charge in [-0.15, -0.1) is 13.2 Å². The number of methoxy groups -OCH3 is 1. The van der Waals surface area contributed by atoms with Gasteiger partial charge in [-0.3, -0.25) is 9.59 Å². The number of benzene rings is 2. The van der Waals surface area contributed by atoms with Gasteiger partial charge in [-0.25, -0.2) is 0 Å². The molecule has 30 heavy (non-hydrogen) atoms. The van der Waals surface area contributed by atoms with Crippen molar-refractivity contribution in [2.24, 2.45) is 0 Å². The minimum Gasteiger partial charge on any atom is -0.469 e. The minimum absolute atomic E-state index is 0.0130. The van der Waals surface area contributed by atoms with Crippen LogP contribution < -0.4 is 10.1 Å². The van der Waals surface area contributed by atoms with Gasteiger partial charge in [-0.05, 0) is 54.1 Å². The van der Waals surface area contributed by atoms with Crippen LogP contribution in [0, 0.1) is 0 Å². The molecule has 0 spiro atoms. The van der Waals surface area contributed by atoms with Gasteiger partial charge in [0.1, 0.15) is 11.5 Å². The first-order chi connectivity index (χ1) is 14.2. The van der Waals surface area contributed by atoms with Gasteiger partial charge in [0.05, 0.1) is 13.5 Å². The van der Waals surface area contributed by atoms with Crippen LogP contribution in [0.5, 0.6) is 5.75 Å². The van der Waals surface area contributed by atoms with Crippen LogP contribution in [0.15, 0.2) is 65.1 Å². The van der Waals surface area contributed by atoms with E-state index in [0.29, 0.717) is 22.6 Å². The number of alkyl halides is 3. The van der Waals surface area contributed by atoms with Gasteiger partial charge in [0.25, 0.3) is 5.91 Å². The molecule has 1 amide bonds. The molecule has 0 unspecified atom stereocenters. The van der Waals surface area contributed by atoms with Gasteiger partial charge in [0.2, 0.25) is 0 Å². The Kier molecular flexibility index (Phi) is 6.10. The Balaban J connectivity index is 1.68. The topological polar surface area (TPSA) is 77.8 Å². The number of ether oxygens (including phenoxy) is 2. The largest absolute Gasteiger partial charge is 0.573 e. The zero-order chi connectivity index (χ0) is 21.7. The van der Waals surface area contributed by atoms with Crippen LogP contribution in [-0.4, -0.2) is 25.3 Å². The number of hydrogen-bond acceptors (Lipinski definition) is 5. The molecule has 0 atom stereocenters. The third-order valence-corrected chi connectivity index (χ3v) is 3.96. The molecule has 1 aromatic heterocycles. The zero-order valence-electron chi connectivity index (χ0n) is 15.7. The summed E-state index contributed by atoms with van der Waals surface area (Å²) in [4.78, 5) is 23.8. The maximum Gasteiger partial charge on any atom is 0.573 e. The fourth-order valence-electron chi connectivity index (χ4n) is 2.63. The second-order valence-electron chi connectivity index (χ2n) is 6.14. The van der Waals surface area contributed by atoms with E-state index in [-0.39, 0.29) is 17.9 Å². The van der Waals surface area contributed by atoms with Gasteiger partial charge in [0, 0.05) is 11.3 Å². The minimum atomic E-state index is -4.77. The average molecular weight is 419 g/mol. The SMILES string of the molecule is COC(=O)Cc1cccc(NC(=O)c2ccc(-c3ccc(OC(F)(F)F)cc3)o2)c1. The quantitative estimate of drug-likeness (QED) is 0.580. The van der Waals surface area contributed by atoms with E-state index >= 15 is 0 Å². The molecule has 0 aliphatic carbocycles. The van der Waals surface area contributed by atoms with Crippen LogP contribution in [0.25, 0.3) is 11.3 Å². The van der Waals surface area contributed by atoms with Crippen molar-refractivity contribution in [1.29, 1.82) is 0 Å². The fraction of sp³-hybridized carbons (Fsp3) is 0.143. The number of halogens is 3. The molecule has 0 bridgehead atoms. The van der Waals surface area contributed by atoms with Gasteiger partial charge < -0.3 is 19.2 Å². The van der Waals surface area contributed by atoms with E-state index in [2.05, 4.69) is 14.8 Å². The number of amides is 1. The number of furan rings is 1. The smallest absolute Gasteiger partial charge is 0.469 e. The Morgan fingerprint density at radius 2 is 1.77 bits per heavy atom. The number of anilines is 1. The molecular weight excluding hydrogens is 403 g/mol. The number of rotatable bonds is 6. The van der Waals surface area contributed by atoms with Crippen LogP contribution >= 0.6 is 0 Å². The lowest BCUT2D eigenvalue weighted by atomic mass is 10.1. The molecule has 3 rings (SSSR count). The Morgan fingerprint density at radius 3 is 2.43 bits per heavy atom. The predicted molar refractivity (Wildman–Crippen MR) is 101 cm³/mol. The summed E-state index contributed by atoms with van der Waals surface area (Å²) >= 11 is 0. The molecule has 0 saturated heterocycles. The Hall–Kier alpha value is -3.75. The molecule has 6 nitrogen and oxygen atoms in total. The summed E-state index contributed by atoms with van der Waals surface area (Å²) in [5, 5.41) is 2.66. The summed E-state index contributed by atoms with van der Waals surface area (Å²) in [7, 11) is 1.29. The summed E-state index contributed by atoms with van der Waals surface area (Å²) in [6.45, 7) is 0. The number of nitrogens with one attached hydrogen (secondary N) is 1. The van der Waals surface area contributed by atoms with E-state index in [4.69, 9.17) is 4.42 Å². The number of carbonyl (C=O) groups is 2. The second-order valence-corrected chi connectivity index (χ2v) is 6.14. The van der Waals surface area contributed by atoms with Crippen molar-refractivity contribution in [3.05, 3.63) is 72.0 Å². The molecule has 0 radical (unpaired) electrons. The van der Waals surface area contributed by atoms with Crippen LogP contribution in [0.2, 0.25) is 0 Å². The van der Waals surface area contributed by atoms with Crippen LogP contribution in [0.3, 0.4) is 0 Å². The van der Waals surface area contributed by atoms with E-state index in [9.17, 15) is 22.8 Å². The molecule has 0 aliphatic heterocycles. The van der Waals surface area contributed by atoms with Gasteiger partial charge in [-0.2, -0.15) is 0 Å². The molecule has 0 fully saturated rings. The van der Waals surface area contributed by atoms with Gasteiger partial charge in [0.15, 0.2) is 5.76 Å². The fourth-order valence-corrected chi connectivity index (χ4v) is 2.63. The molecule has 0 aliphatic rings. The third kappa shape index (κ3) is 5.63. The maximum absolute atomic E-state index is 12.4. The summed E-state index contributed by atoms with van der Waals surface area (Å²) < 4.78 is 50.6. The summed E-state index contributed by atoms with van der Waals surface area (Å²) in [5.74, 6) is -0.964. The molecule has 3 aromatic rings. The third-order valence-electron chi connectivity index (χ3n) is 3.96. The molecule has 9 heteroatoms. The Morgan fingerprint density at radius 1 is 1.03 bits per heavy atom. The lowest BCUT2D eigenvalue weighted by molar-refractivity contribution is -0.274. The highest BCUT2D eigenvalue weighted by atomic mass is 19.4. The van der Waals surface area contributed by atoms with Crippen molar-refractivity contribution in [2.75, 3.05) is 12.4 Å². The van der Waals surface area contributed by atoms with E-state index in [1.54, 1.807) is 24.3 Å². The summed E-state index contributed by atoms with van der Waals surface area (Å²) in [5.41, 5.74) is 1.61. The van der Waals surface area contributed by atoms with Crippen molar-refractivity contribution < 1.29 is 36.7 Å². The lowest BCUT2D eigenvalue weighted by Crippen LogP contribution is -2.16. The van der Waals surface area contributed by atoms with Crippen molar-refractivity contribution >= 4 is 17.6 Å². The van der Waals surface area contributed by atoms with Crippen LogP contribution in [0.1, 0.15) is 16.1 Å². The van der Waals surface area contributed by atoms with Gasteiger partial charge >= 0.3 is 12.3 Å². The molecule has 1 heterocycles. The van der Waals surface area contributed by atoms with E-state index in [1.807, 2.05) is 0 Å². The predicted octanol–water partition coefficient (Wildman–Crippen LogP) is 4.81. The first-order valence-corrected chi connectivity index (χ1v) is 8.66. The van der Waals surface area contributed by atoms with E-state index < -0.39 is 18.2 Å². The zero-order valence-corrected chi connectivity index (χ0v) is 15.7. The summed E-state index contributed by atoms with van der Waals surface area (Å²) in [6, 6.07) is 14.8. The Labute approximate surface area is 169 Å². The van der Waals surface area contributed by atoms with Crippen molar-refractivity contribution in [3.63, 3.8) is 0 Å². The van der Waals surface area contributed by atoms with Crippen molar-refractivity contribution in [1.82, 2.24) is 0 Å². The highest BCUT2D eigenvalue weighted by molar-refractivity contribution is 6.02. The van der Waals surface area contributed by atoms with Crippen LogP contribution in [0.4, 0.5) is 18.9 Å². The highest BCUT2D eigenvalue weighted by Crippen LogP contribution is 2.28. The van der Waals surface area contributed by atoms with Crippen molar-refractivity contribution in [3.8, 4) is 17.1 Å². The van der Waals surface area contributed by atoms with Gasteiger partial charge in [-0.1, -0.05) is 12.1 Å². The first-order valence-electron chi connectivity index (χ1n) is 8.66. The highest BCUT2D eigenvalue weighted by Gasteiger charge is 2.31. The number of hydrogen-bond donors (Lipinski definition) is 1. The maximum atomic E-state index is 12.4. The normalized spacial score (nSPS) is 11.1. The van der Waals surface area contributed by atoms with Crippen LogP contribution in [-0.2, 0) is 16.0 Å². The lowest BCUT2D eigenvalue weighted by Gasteiger charge is -2.08. The van der Waals surface area contributed by atoms with E-state index in [0.717, 1.165) is 12.1 Å². The molecule has 1 N–H and O–H groups in total. The number of carbonyl (C=O) groups excluding carboxylic acids is 2. The van der Waals surface area contributed by atoms with Crippen molar-refractivity contribution in [2.45, 2.75) is 12.8 Å². The molecule has 2 aromatic carbocycles. The Bertz CT molecular complexity index is 1040. The number of esters is 1. The van der Waals surface area contributed by atoms with E-state index in [1.165, 1.54) is 31.4 Å². The second kappa shape index (κ2) is 8.73. The average Bonchev–Trinajstić information content (AvgIpc) is 3.18. The molecule has 0 saturated carbocycles. The standard InChI is InChI=1S/C21H16F3NO5/c1-28-19(26)12-13-3-2-4-15(11-13)25-20(27)18-10-9-17(29-18)14-5-7-16(8-6-14)30-21(22,23)24/h2-11H,12H2,1H3,(H,25,27). The molecule has 156 valence electrons. The first kappa shape index (κ1) is 21.0.